The Kier molecular flexibility index (Phi) is 4.78. The average molecular weight is 387 g/mol. The molecule has 0 spiro atoms. The van der Waals surface area contributed by atoms with Gasteiger partial charge in [-0.25, -0.2) is 9.55 Å². The zero-order valence-corrected chi connectivity index (χ0v) is 14.0. The van der Waals surface area contributed by atoms with Crippen LogP contribution in [0.3, 0.4) is 0 Å². The van der Waals surface area contributed by atoms with Gasteiger partial charge in [0.15, 0.2) is 17.0 Å². The molecule has 0 aliphatic heterocycles. The first kappa shape index (κ1) is 14.7. The van der Waals surface area contributed by atoms with Crippen LogP contribution in [0.2, 0.25) is 0 Å². The third kappa shape index (κ3) is 2.76. The summed E-state index contributed by atoms with van der Waals surface area (Å²) >= 11 is 1.64. The fourth-order valence-electron chi connectivity index (χ4n) is 2.69. The fraction of sp³-hybridized carbons (Fsp3) is 0.429. The van der Waals surface area contributed by atoms with E-state index in [4.69, 9.17) is 5.73 Å². The van der Waals surface area contributed by atoms with Crippen LogP contribution in [0.15, 0.2) is 18.3 Å². The van der Waals surface area contributed by atoms with Gasteiger partial charge >= 0.3 is 0 Å². The number of hydrogen-bond acceptors (Lipinski definition) is 3. The van der Waals surface area contributed by atoms with Crippen LogP contribution in [0.5, 0.6) is 0 Å². The minimum atomic E-state index is 0. The van der Waals surface area contributed by atoms with Crippen LogP contribution in [0.4, 0.5) is 5.13 Å². The Hall–Kier alpha value is -0.690. The lowest BCUT2D eigenvalue weighted by Gasteiger charge is -2.05. The van der Waals surface area contributed by atoms with Crippen molar-refractivity contribution in [2.24, 2.45) is 0 Å². The average Bonchev–Trinajstić information content (AvgIpc) is 2.64. The minimum absolute atomic E-state index is 0. The van der Waals surface area contributed by atoms with E-state index in [0.29, 0.717) is 5.13 Å². The number of fused-ring (bicyclic) bond motifs is 3. The number of hydrogen-bond donors (Lipinski definition) is 1. The van der Waals surface area contributed by atoms with Gasteiger partial charge in [-0.05, 0) is 18.9 Å². The second-order valence-electron chi connectivity index (χ2n) is 4.74. The number of halogens is 1. The fourth-order valence-corrected chi connectivity index (χ4v) is 3.58. The molecular formula is C14H18IN3S. The summed E-state index contributed by atoms with van der Waals surface area (Å²) in [6.45, 7) is 3.30. The van der Waals surface area contributed by atoms with Crippen LogP contribution < -0.4 is 34.3 Å². The summed E-state index contributed by atoms with van der Waals surface area (Å²) in [6, 6.07) is 4.31. The maximum atomic E-state index is 5.86. The first-order chi connectivity index (χ1) is 8.79. The van der Waals surface area contributed by atoms with Crippen LogP contribution in [-0.2, 0) is 19.4 Å². The minimum Gasteiger partial charge on any atom is -1.00 e. The van der Waals surface area contributed by atoms with E-state index in [9.17, 15) is 0 Å². The van der Waals surface area contributed by atoms with E-state index >= 15 is 0 Å². The second kappa shape index (κ2) is 6.17. The van der Waals surface area contributed by atoms with Crippen LogP contribution in [0.1, 0.15) is 30.3 Å². The predicted octanol–water partition coefficient (Wildman–Crippen LogP) is -0.417. The Labute approximate surface area is 134 Å². The van der Waals surface area contributed by atoms with E-state index in [2.05, 4.69) is 34.8 Å². The van der Waals surface area contributed by atoms with Gasteiger partial charge in [-0.2, -0.15) is 0 Å². The molecule has 102 valence electrons. The van der Waals surface area contributed by atoms with Crippen molar-refractivity contribution in [3.63, 3.8) is 0 Å². The van der Waals surface area contributed by atoms with Crippen molar-refractivity contribution in [2.75, 3.05) is 5.73 Å². The normalized spacial score (nSPS) is 13.1. The Morgan fingerprint density at radius 2 is 2.26 bits per heavy atom. The van der Waals surface area contributed by atoms with Crippen molar-refractivity contribution in [1.29, 1.82) is 0 Å². The van der Waals surface area contributed by atoms with E-state index in [1.165, 1.54) is 22.6 Å². The molecule has 1 aliphatic carbocycles. The smallest absolute Gasteiger partial charge is 0.190 e. The molecule has 0 unspecified atom stereocenters. The molecule has 0 fully saturated rings. The predicted molar refractivity (Wildman–Crippen MR) is 74.5 cm³/mol. The summed E-state index contributed by atoms with van der Waals surface area (Å²) in [5.41, 5.74) is 9.69. The number of nitrogen functional groups attached to an aromatic ring is 1. The van der Waals surface area contributed by atoms with Crippen molar-refractivity contribution < 1.29 is 28.5 Å². The summed E-state index contributed by atoms with van der Waals surface area (Å²) < 4.78 is 2.37. The van der Waals surface area contributed by atoms with Crippen LogP contribution >= 0.6 is 11.3 Å². The van der Waals surface area contributed by atoms with Gasteiger partial charge in [0.25, 0.3) is 0 Å². The summed E-state index contributed by atoms with van der Waals surface area (Å²) in [4.78, 5) is 5.88. The van der Waals surface area contributed by atoms with Gasteiger partial charge in [0.05, 0.1) is 11.3 Å². The highest BCUT2D eigenvalue weighted by Crippen LogP contribution is 2.34. The van der Waals surface area contributed by atoms with Crippen molar-refractivity contribution in [3.05, 3.63) is 28.9 Å². The maximum absolute atomic E-state index is 5.86. The topological polar surface area (TPSA) is 42.8 Å². The Morgan fingerprint density at radius 3 is 3.05 bits per heavy atom. The SMILES string of the molecule is CCC[n+]1cccc2c1CCCc1sc(N)nc1-2.[I-]. The van der Waals surface area contributed by atoms with E-state index < -0.39 is 0 Å². The number of nitrogens with two attached hydrogens (primary N) is 1. The molecule has 0 radical (unpaired) electrons. The number of thiazole rings is 1. The number of nitrogens with zero attached hydrogens (tertiary/aromatic N) is 2. The molecule has 0 amide bonds. The van der Waals surface area contributed by atoms with E-state index in [0.717, 1.165) is 31.5 Å². The summed E-state index contributed by atoms with van der Waals surface area (Å²) in [5, 5.41) is 0.693. The molecule has 0 bridgehead atoms. The molecule has 2 aromatic rings. The first-order valence-corrected chi connectivity index (χ1v) is 7.38. The van der Waals surface area contributed by atoms with E-state index in [1.807, 2.05) is 0 Å². The number of anilines is 1. The molecule has 2 heterocycles. The van der Waals surface area contributed by atoms with Gasteiger partial charge in [-0.15, -0.1) is 11.3 Å². The van der Waals surface area contributed by atoms with Crippen molar-refractivity contribution in [2.45, 2.75) is 39.2 Å². The Balaban J connectivity index is 0.00000133. The third-order valence-corrected chi connectivity index (χ3v) is 4.38. The lowest BCUT2D eigenvalue weighted by molar-refractivity contribution is -0.703. The van der Waals surface area contributed by atoms with Gasteiger partial charge in [0.2, 0.25) is 0 Å². The zero-order chi connectivity index (χ0) is 12.5. The molecule has 2 aromatic heterocycles. The molecule has 0 atom stereocenters. The van der Waals surface area contributed by atoms with Gasteiger partial charge in [0.1, 0.15) is 6.54 Å². The summed E-state index contributed by atoms with van der Waals surface area (Å²) in [6.07, 6.45) is 6.77. The third-order valence-electron chi connectivity index (χ3n) is 3.44. The lowest BCUT2D eigenvalue weighted by atomic mass is 10.1. The molecule has 5 heteroatoms. The zero-order valence-electron chi connectivity index (χ0n) is 11.0. The lowest BCUT2D eigenvalue weighted by Crippen LogP contribution is -3.00. The highest BCUT2D eigenvalue weighted by molar-refractivity contribution is 7.15. The second-order valence-corrected chi connectivity index (χ2v) is 5.85. The highest BCUT2D eigenvalue weighted by Gasteiger charge is 2.24. The summed E-state index contributed by atoms with van der Waals surface area (Å²) in [5.74, 6) is 0. The van der Waals surface area contributed by atoms with Gasteiger partial charge in [0, 0.05) is 23.8 Å². The Morgan fingerprint density at radius 1 is 1.42 bits per heavy atom. The van der Waals surface area contributed by atoms with Crippen molar-refractivity contribution in [3.8, 4) is 11.3 Å². The van der Waals surface area contributed by atoms with Crippen molar-refractivity contribution in [1.82, 2.24) is 4.98 Å². The highest BCUT2D eigenvalue weighted by atomic mass is 127. The number of aryl methyl sites for hydroxylation is 2. The monoisotopic (exact) mass is 387 g/mol. The number of rotatable bonds is 2. The van der Waals surface area contributed by atoms with Gasteiger partial charge in [-0.3, -0.25) is 0 Å². The van der Waals surface area contributed by atoms with Crippen LogP contribution in [0, 0.1) is 0 Å². The molecular weight excluding hydrogens is 369 g/mol. The molecule has 1 aliphatic rings. The van der Waals surface area contributed by atoms with Crippen molar-refractivity contribution >= 4 is 16.5 Å². The summed E-state index contributed by atoms with van der Waals surface area (Å²) in [7, 11) is 0. The molecule has 2 N–H and O–H groups in total. The van der Waals surface area contributed by atoms with Crippen LogP contribution in [0.25, 0.3) is 11.3 Å². The number of pyridine rings is 1. The molecule has 0 saturated carbocycles. The standard InChI is InChI=1S/C14H18N3S.HI/c1-2-8-17-9-4-5-10-11(17)6-3-7-12-13(10)16-14(15)18-12;/h4-5,9H,2-3,6-8H2,1H3,(H2,15,16);1H/q+1;/p-1. The van der Waals surface area contributed by atoms with Gasteiger partial charge in [-0.1, -0.05) is 6.92 Å². The van der Waals surface area contributed by atoms with E-state index in [1.54, 1.807) is 11.3 Å². The van der Waals surface area contributed by atoms with E-state index in [-0.39, 0.29) is 24.0 Å². The van der Waals surface area contributed by atoms with Gasteiger partial charge < -0.3 is 29.7 Å². The quantitative estimate of drug-likeness (QED) is 0.562. The Bertz CT molecular complexity index is 580. The maximum Gasteiger partial charge on any atom is 0.190 e. The largest absolute Gasteiger partial charge is 1.00 e. The molecule has 19 heavy (non-hydrogen) atoms. The molecule has 3 rings (SSSR count). The number of aromatic nitrogens is 2. The molecule has 0 aromatic carbocycles. The molecule has 0 saturated heterocycles. The first-order valence-electron chi connectivity index (χ1n) is 6.56. The molecule has 3 nitrogen and oxygen atoms in total. The van der Waals surface area contributed by atoms with Crippen LogP contribution in [-0.4, -0.2) is 4.98 Å².